The molecule has 3 rings (SSSR count). The average Bonchev–Trinajstić information content (AvgIpc) is 3.04. The third-order valence-electron chi connectivity index (χ3n) is 4.55. The van der Waals surface area contributed by atoms with E-state index < -0.39 is 23.6 Å². The van der Waals surface area contributed by atoms with Crippen LogP contribution in [0.2, 0.25) is 0 Å². The van der Waals surface area contributed by atoms with Gasteiger partial charge in [-0.25, -0.2) is 4.79 Å². The van der Waals surface area contributed by atoms with Crippen molar-refractivity contribution in [3.05, 3.63) is 45.8 Å². The Morgan fingerprint density at radius 2 is 1.97 bits per heavy atom. The fourth-order valence-electron chi connectivity index (χ4n) is 3.23. The normalized spacial score (nSPS) is 13.5. The molecule has 0 radical (unpaired) electrons. The van der Waals surface area contributed by atoms with Crippen molar-refractivity contribution in [2.45, 2.75) is 38.8 Å². The van der Waals surface area contributed by atoms with Crippen molar-refractivity contribution in [1.82, 2.24) is 0 Å². The molecule has 0 aliphatic heterocycles. The Kier molecular flexibility index (Phi) is 6.46. The van der Waals surface area contributed by atoms with E-state index in [0.29, 0.717) is 10.6 Å². The third-order valence-corrected chi connectivity index (χ3v) is 5.75. The second-order valence-electron chi connectivity index (χ2n) is 6.62. The number of carbonyl (C=O) groups excluding carboxylic acids is 2. The molecule has 1 heterocycles. The van der Waals surface area contributed by atoms with Gasteiger partial charge < -0.3 is 15.4 Å². The fraction of sp³-hybridized carbons (Fsp3) is 0.400. The molecule has 1 aromatic carbocycles. The summed E-state index contributed by atoms with van der Waals surface area (Å²) in [6.45, 7) is 1.72. The number of hydrogen-bond acceptors (Lipinski definition) is 5. The quantitative estimate of drug-likeness (QED) is 0.647. The first kappa shape index (κ1) is 21.2. The molecule has 1 aliphatic rings. The van der Waals surface area contributed by atoms with Crippen molar-refractivity contribution >= 4 is 33.9 Å². The Balaban J connectivity index is 1.71. The van der Waals surface area contributed by atoms with E-state index in [2.05, 4.69) is 10.6 Å². The molecule has 9 heteroatoms. The maximum atomic E-state index is 12.8. The molecular formula is C20H21F3N2O3S. The summed E-state index contributed by atoms with van der Waals surface area (Å²) < 4.78 is 43.5. The van der Waals surface area contributed by atoms with Crippen molar-refractivity contribution in [3.63, 3.8) is 0 Å². The van der Waals surface area contributed by atoms with E-state index in [1.807, 2.05) is 0 Å². The molecule has 1 aliphatic carbocycles. The van der Waals surface area contributed by atoms with Gasteiger partial charge in [0.15, 0.2) is 0 Å². The minimum absolute atomic E-state index is 0.186. The number of benzene rings is 1. The predicted molar refractivity (Wildman–Crippen MR) is 105 cm³/mol. The number of amides is 1. The van der Waals surface area contributed by atoms with Gasteiger partial charge in [0.1, 0.15) is 5.00 Å². The number of ether oxygens (including phenoxy) is 1. The van der Waals surface area contributed by atoms with E-state index in [9.17, 15) is 22.8 Å². The van der Waals surface area contributed by atoms with Gasteiger partial charge in [0, 0.05) is 10.6 Å². The number of aryl methyl sites for hydroxylation is 1. The zero-order valence-electron chi connectivity index (χ0n) is 15.8. The number of thiophene rings is 1. The minimum atomic E-state index is -4.45. The first-order chi connectivity index (χ1) is 13.8. The number of alkyl halides is 3. The van der Waals surface area contributed by atoms with Crippen LogP contribution in [0.25, 0.3) is 0 Å². The molecule has 156 valence electrons. The summed E-state index contributed by atoms with van der Waals surface area (Å²) in [4.78, 5) is 25.8. The van der Waals surface area contributed by atoms with Crippen molar-refractivity contribution in [1.29, 1.82) is 0 Å². The predicted octanol–water partition coefficient (Wildman–Crippen LogP) is 4.87. The van der Waals surface area contributed by atoms with Crippen LogP contribution in [-0.4, -0.2) is 25.0 Å². The van der Waals surface area contributed by atoms with Gasteiger partial charge in [-0.15, -0.1) is 11.3 Å². The van der Waals surface area contributed by atoms with Gasteiger partial charge in [-0.3, -0.25) is 4.79 Å². The molecule has 0 spiro atoms. The average molecular weight is 426 g/mol. The third kappa shape index (κ3) is 5.09. The van der Waals surface area contributed by atoms with E-state index in [1.165, 1.54) is 23.5 Å². The first-order valence-corrected chi connectivity index (χ1v) is 10.1. The van der Waals surface area contributed by atoms with Crippen LogP contribution >= 0.6 is 11.3 Å². The van der Waals surface area contributed by atoms with Crippen molar-refractivity contribution in [2.75, 3.05) is 23.8 Å². The molecule has 2 N–H and O–H groups in total. The fourth-order valence-corrected chi connectivity index (χ4v) is 4.53. The summed E-state index contributed by atoms with van der Waals surface area (Å²) in [6, 6.07) is 4.64. The Bertz CT molecular complexity index is 909. The molecule has 0 saturated heterocycles. The lowest BCUT2D eigenvalue weighted by atomic mass is 9.95. The lowest BCUT2D eigenvalue weighted by molar-refractivity contribution is -0.137. The van der Waals surface area contributed by atoms with Crippen LogP contribution in [-0.2, 0) is 28.5 Å². The number of hydrogen-bond donors (Lipinski definition) is 2. The summed E-state index contributed by atoms with van der Waals surface area (Å²) >= 11 is 1.36. The van der Waals surface area contributed by atoms with Crippen LogP contribution in [0.1, 0.15) is 46.1 Å². The number of esters is 1. The Morgan fingerprint density at radius 1 is 1.21 bits per heavy atom. The van der Waals surface area contributed by atoms with Crippen molar-refractivity contribution in [3.8, 4) is 0 Å². The standard InChI is InChI=1S/C20H21F3N2O3S/c1-2-28-19(27)17-14-8-3-4-9-15(14)29-18(17)25-16(26)11-24-13-7-5-6-12(10-13)20(21,22)23/h5-7,10,24H,2-4,8-9,11H2,1H3,(H,25,26). The van der Waals surface area contributed by atoms with Crippen LogP contribution in [0.3, 0.4) is 0 Å². The number of halogens is 3. The highest BCUT2D eigenvalue weighted by Gasteiger charge is 2.30. The molecule has 0 bridgehead atoms. The lowest BCUT2D eigenvalue weighted by Gasteiger charge is -2.12. The van der Waals surface area contributed by atoms with E-state index in [0.717, 1.165) is 48.3 Å². The van der Waals surface area contributed by atoms with Gasteiger partial charge in [0.05, 0.1) is 24.3 Å². The highest BCUT2D eigenvalue weighted by molar-refractivity contribution is 7.17. The minimum Gasteiger partial charge on any atom is -0.462 e. The summed E-state index contributed by atoms with van der Waals surface area (Å²) in [5.41, 5.74) is 0.726. The first-order valence-electron chi connectivity index (χ1n) is 9.32. The smallest absolute Gasteiger partial charge is 0.416 e. The molecule has 1 aromatic heterocycles. The summed E-state index contributed by atoms with van der Waals surface area (Å²) in [7, 11) is 0. The summed E-state index contributed by atoms with van der Waals surface area (Å²) in [6.07, 6.45) is -0.839. The van der Waals surface area contributed by atoms with Gasteiger partial charge in [-0.1, -0.05) is 6.07 Å². The monoisotopic (exact) mass is 426 g/mol. The number of anilines is 2. The lowest BCUT2D eigenvalue weighted by Crippen LogP contribution is -2.23. The van der Waals surface area contributed by atoms with Crippen LogP contribution in [0.4, 0.5) is 23.9 Å². The van der Waals surface area contributed by atoms with Crippen LogP contribution in [0, 0.1) is 0 Å². The molecular weight excluding hydrogens is 405 g/mol. The zero-order chi connectivity index (χ0) is 21.0. The summed E-state index contributed by atoms with van der Waals surface area (Å²) in [5.74, 6) is -0.917. The van der Waals surface area contributed by atoms with Gasteiger partial charge in [-0.2, -0.15) is 13.2 Å². The van der Waals surface area contributed by atoms with Crippen LogP contribution in [0.15, 0.2) is 24.3 Å². The van der Waals surface area contributed by atoms with Crippen molar-refractivity contribution in [2.24, 2.45) is 0 Å². The second-order valence-corrected chi connectivity index (χ2v) is 7.72. The molecule has 2 aromatic rings. The van der Waals surface area contributed by atoms with Gasteiger partial charge in [-0.05, 0) is 56.4 Å². The SMILES string of the molecule is CCOC(=O)c1c(NC(=O)CNc2cccc(C(F)(F)F)c2)sc2c1CCCC2. The van der Waals surface area contributed by atoms with E-state index in [1.54, 1.807) is 6.92 Å². The van der Waals surface area contributed by atoms with E-state index >= 15 is 0 Å². The maximum Gasteiger partial charge on any atom is 0.416 e. The molecule has 0 fully saturated rings. The second kappa shape index (κ2) is 8.86. The highest BCUT2D eigenvalue weighted by Crippen LogP contribution is 2.38. The van der Waals surface area contributed by atoms with Gasteiger partial charge in [0.2, 0.25) is 5.91 Å². The van der Waals surface area contributed by atoms with Crippen LogP contribution in [0.5, 0.6) is 0 Å². The largest absolute Gasteiger partial charge is 0.462 e. The molecule has 1 amide bonds. The number of fused-ring (bicyclic) bond motifs is 1. The Labute approximate surface area is 170 Å². The number of nitrogens with one attached hydrogen (secondary N) is 2. The molecule has 0 unspecified atom stereocenters. The van der Waals surface area contributed by atoms with Gasteiger partial charge in [0.25, 0.3) is 0 Å². The zero-order valence-corrected chi connectivity index (χ0v) is 16.6. The number of carbonyl (C=O) groups is 2. The molecule has 0 atom stereocenters. The molecule has 5 nitrogen and oxygen atoms in total. The van der Waals surface area contributed by atoms with Crippen LogP contribution < -0.4 is 10.6 Å². The molecule has 29 heavy (non-hydrogen) atoms. The maximum absolute atomic E-state index is 12.8. The Morgan fingerprint density at radius 3 is 2.69 bits per heavy atom. The molecule has 0 saturated carbocycles. The Hall–Kier alpha value is -2.55. The van der Waals surface area contributed by atoms with Crippen molar-refractivity contribution < 1.29 is 27.5 Å². The number of rotatable bonds is 6. The highest BCUT2D eigenvalue weighted by atomic mass is 32.1. The van der Waals surface area contributed by atoms with E-state index in [4.69, 9.17) is 4.74 Å². The summed E-state index contributed by atoms with van der Waals surface area (Å²) in [5, 5.41) is 5.84. The van der Waals surface area contributed by atoms with E-state index in [-0.39, 0.29) is 18.8 Å². The topological polar surface area (TPSA) is 67.4 Å². The van der Waals surface area contributed by atoms with Gasteiger partial charge >= 0.3 is 12.1 Å².